The predicted octanol–water partition coefficient (Wildman–Crippen LogP) is 4.77. The first kappa shape index (κ1) is 20.8. The van der Waals surface area contributed by atoms with Gasteiger partial charge in [0.25, 0.3) is 11.5 Å². The van der Waals surface area contributed by atoms with Crippen molar-refractivity contribution in [1.82, 2.24) is 9.47 Å². The molecule has 1 amide bonds. The SMILES string of the molecule is CCn1c(=O)c(C=C2SC(=S)N(C3CCCC3)C2=O)c(N2CCCC2)c2ccccc21. The van der Waals surface area contributed by atoms with E-state index in [0.717, 1.165) is 68.2 Å². The molecule has 2 aliphatic heterocycles. The van der Waals surface area contributed by atoms with Crippen LogP contribution in [0.4, 0.5) is 5.69 Å². The molecule has 0 bridgehead atoms. The number of pyridine rings is 1. The van der Waals surface area contributed by atoms with Crippen LogP contribution in [0.5, 0.6) is 0 Å². The molecule has 0 unspecified atom stereocenters. The number of carbonyl (C=O) groups is 1. The van der Waals surface area contributed by atoms with E-state index in [4.69, 9.17) is 12.2 Å². The number of aryl methyl sites for hydroxylation is 1. The van der Waals surface area contributed by atoms with Gasteiger partial charge in [0.1, 0.15) is 4.32 Å². The molecule has 0 spiro atoms. The van der Waals surface area contributed by atoms with Crippen LogP contribution in [0.2, 0.25) is 0 Å². The molecule has 0 atom stereocenters. The number of thioether (sulfide) groups is 1. The van der Waals surface area contributed by atoms with Crippen LogP contribution in [-0.4, -0.2) is 38.8 Å². The van der Waals surface area contributed by atoms with E-state index in [-0.39, 0.29) is 17.5 Å². The highest BCUT2D eigenvalue weighted by atomic mass is 32.2. The Hall–Kier alpha value is -2.12. The van der Waals surface area contributed by atoms with Gasteiger partial charge < -0.3 is 9.47 Å². The van der Waals surface area contributed by atoms with E-state index in [2.05, 4.69) is 11.0 Å². The summed E-state index contributed by atoms with van der Waals surface area (Å²) in [7, 11) is 0. The standard InChI is InChI=1S/C24H27N3O2S2/c1-2-26-19-12-6-5-11-17(19)21(25-13-7-8-14-25)18(22(26)28)15-20-23(29)27(24(30)31-20)16-9-3-4-10-16/h5-6,11-12,15-16H,2-4,7-10,13-14H2,1H3. The van der Waals surface area contributed by atoms with Crippen molar-refractivity contribution in [2.45, 2.75) is 58.0 Å². The van der Waals surface area contributed by atoms with E-state index in [0.29, 0.717) is 21.3 Å². The first-order chi connectivity index (χ1) is 15.1. The van der Waals surface area contributed by atoms with Crippen molar-refractivity contribution in [2.24, 2.45) is 0 Å². The summed E-state index contributed by atoms with van der Waals surface area (Å²) in [6.07, 6.45) is 8.37. The van der Waals surface area contributed by atoms with Crippen molar-refractivity contribution < 1.29 is 4.79 Å². The third-order valence-electron chi connectivity index (χ3n) is 6.71. The van der Waals surface area contributed by atoms with Crippen LogP contribution in [-0.2, 0) is 11.3 Å². The van der Waals surface area contributed by atoms with Crippen molar-refractivity contribution in [3.05, 3.63) is 45.1 Å². The largest absolute Gasteiger partial charge is 0.370 e. The van der Waals surface area contributed by atoms with Gasteiger partial charge in [-0.05, 0) is 44.7 Å². The number of nitrogens with zero attached hydrogens (tertiary/aromatic N) is 3. The van der Waals surface area contributed by atoms with Crippen LogP contribution in [0, 0.1) is 0 Å². The predicted molar refractivity (Wildman–Crippen MR) is 133 cm³/mol. The van der Waals surface area contributed by atoms with Gasteiger partial charge >= 0.3 is 0 Å². The summed E-state index contributed by atoms with van der Waals surface area (Å²) in [5, 5.41) is 1.07. The third kappa shape index (κ3) is 3.52. The van der Waals surface area contributed by atoms with E-state index < -0.39 is 0 Å². The highest BCUT2D eigenvalue weighted by molar-refractivity contribution is 8.26. The maximum Gasteiger partial charge on any atom is 0.266 e. The average molecular weight is 454 g/mol. The molecule has 1 aromatic carbocycles. The number of aromatic nitrogens is 1. The van der Waals surface area contributed by atoms with E-state index in [1.165, 1.54) is 11.8 Å². The summed E-state index contributed by atoms with van der Waals surface area (Å²) >= 11 is 6.92. The molecule has 1 aromatic heterocycles. The molecule has 1 saturated carbocycles. The minimum atomic E-state index is -0.0371. The van der Waals surface area contributed by atoms with E-state index >= 15 is 0 Å². The van der Waals surface area contributed by atoms with Gasteiger partial charge in [-0.15, -0.1) is 0 Å². The molecule has 5 rings (SSSR count). The summed E-state index contributed by atoms with van der Waals surface area (Å²) in [5.41, 5.74) is 2.50. The van der Waals surface area contributed by atoms with Crippen LogP contribution >= 0.6 is 24.0 Å². The molecule has 3 fully saturated rings. The normalized spacial score (nSPS) is 21.4. The number of rotatable bonds is 4. The van der Waals surface area contributed by atoms with Crippen molar-refractivity contribution >= 4 is 56.9 Å². The second kappa shape index (κ2) is 8.43. The Balaban J connectivity index is 1.68. The highest BCUT2D eigenvalue weighted by Crippen LogP contribution is 2.39. The first-order valence-corrected chi connectivity index (χ1v) is 12.5. The Morgan fingerprint density at radius 3 is 2.52 bits per heavy atom. The average Bonchev–Trinajstić information content (AvgIpc) is 3.52. The molecule has 2 saturated heterocycles. The van der Waals surface area contributed by atoms with Crippen molar-refractivity contribution in [3.63, 3.8) is 0 Å². The zero-order valence-electron chi connectivity index (χ0n) is 17.8. The van der Waals surface area contributed by atoms with Gasteiger partial charge in [-0.2, -0.15) is 0 Å². The fourth-order valence-electron chi connectivity index (χ4n) is 5.22. The molecule has 1 aliphatic carbocycles. The summed E-state index contributed by atoms with van der Waals surface area (Å²) in [6.45, 7) is 4.45. The number of carbonyl (C=O) groups excluding carboxylic acids is 1. The summed E-state index contributed by atoms with van der Waals surface area (Å²) in [4.78, 5) is 31.6. The quantitative estimate of drug-likeness (QED) is 0.493. The minimum absolute atomic E-state index is 0.0331. The van der Waals surface area contributed by atoms with Crippen LogP contribution in [0.15, 0.2) is 34.0 Å². The Labute approximate surface area is 192 Å². The van der Waals surface area contributed by atoms with Crippen LogP contribution in [0.3, 0.4) is 0 Å². The number of fused-ring (bicyclic) bond motifs is 1. The van der Waals surface area contributed by atoms with E-state index in [1.54, 1.807) is 4.90 Å². The summed E-state index contributed by atoms with van der Waals surface area (Å²) in [5.74, 6) is -0.0371. The second-order valence-electron chi connectivity index (χ2n) is 8.51. The van der Waals surface area contributed by atoms with Gasteiger partial charge in [0.05, 0.1) is 21.7 Å². The lowest BCUT2D eigenvalue weighted by Gasteiger charge is -2.24. The van der Waals surface area contributed by atoms with Gasteiger partial charge in [-0.1, -0.05) is 55.0 Å². The lowest BCUT2D eigenvalue weighted by molar-refractivity contribution is -0.123. The third-order valence-corrected chi connectivity index (χ3v) is 8.04. The fraction of sp³-hybridized carbons (Fsp3) is 0.458. The number of anilines is 1. The number of hydrogen-bond acceptors (Lipinski definition) is 5. The second-order valence-corrected chi connectivity index (χ2v) is 10.2. The zero-order valence-corrected chi connectivity index (χ0v) is 19.4. The molecule has 3 heterocycles. The molecule has 0 radical (unpaired) electrons. The minimum Gasteiger partial charge on any atom is -0.370 e. The van der Waals surface area contributed by atoms with Gasteiger partial charge in [0.2, 0.25) is 0 Å². The Morgan fingerprint density at radius 1 is 1.10 bits per heavy atom. The fourth-order valence-corrected chi connectivity index (χ4v) is 6.61. The molecule has 0 N–H and O–H groups in total. The van der Waals surface area contributed by atoms with Crippen molar-refractivity contribution in [2.75, 3.05) is 18.0 Å². The maximum absolute atomic E-state index is 13.6. The highest BCUT2D eigenvalue weighted by Gasteiger charge is 2.38. The molecular formula is C24H27N3O2S2. The number of thiocarbonyl (C=S) groups is 1. The lowest BCUT2D eigenvalue weighted by Crippen LogP contribution is -2.36. The smallest absolute Gasteiger partial charge is 0.266 e. The van der Waals surface area contributed by atoms with E-state index in [9.17, 15) is 9.59 Å². The molecule has 7 heteroatoms. The maximum atomic E-state index is 13.6. The monoisotopic (exact) mass is 453 g/mol. The zero-order chi connectivity index (χ0) is 21.5. The number of amides is 1. The van der Waals surface area contributed by atoms with Gasteiger partial charge in [0, 0.05) is 31.1 Å². The Bertz CT molecular complexity index is 1140. The van der Waals surface area contributed by atoms with Crippen molar-refractivity contribution in [3.8, 4) is 0 Å². The van der Waals surface area contributed by atoms with Gasteiger partial charge in [-0.3, -0.25) is 14.5 Å². The molecule has 5 nitrogen and oxygen atoms in total. The number of hydrogen-bond donors (Lipinski definition) is 0. The van der Waals surface area contributed by atoms with E-state index in [1.807, 2.05) is 35.8 Å². The first-order valence-electron chi connectivity index (χ1n) is 11.3. The Morgan fingerprint density at radius 2 is 1.81 bits per heavy atom. The molecule has 2 aromatic rings. The Kier molecular flexibility index (Phi) is 5.65. The summed E-state index contributed by atoms with van der Waals surface area (Å²) < 4.78 is 2.45. The van der Waals surface area contributed by atoms with Gasteiger partial charge in [0.15, 0.2) is 0 Å². The molecule has 31 heavy (non-hydrogen) atoms. The molecule has 162 valence electrons. The van der Waals surface area contributed by atoms with Gasteiger partial charge in [-0.25, -0.2) is 0 Å². The van der Waals surface area contributed by atoms with Crippen LogP contribution in [0.1, 0.15) is 51.0 Å². The number of benzene rings is 1. The number of para-hydroxylation sites is 1. The van der Waals surface area contributed by atoms with Crippen LogP contribution in [0.25, 0.3) is 17.0 Å². The molecule has 3 aliphatic rings. The lowest BCUT2D eigenvalue weighted by atomic mass is 10.1. The molecular weight excluding hydrogens is 426 g/mol. The van der Waals surface area contributed by atoms with Crippen molar-refractivity contribution in [1.29, 1.82) is 0 Å². The van der Waals surface area contributed by atoms with Crippen LogP contribution < -0.4 is 10.5 Å². The summed E-state index contributed by atoms with van der Waals surface area (Å²) in [6, 6.07) is 8.32. The topological polar surface area (TPSA) is 45.6 Å².